The third kappa shape index (κ3) is 5.53. The average Bonchev–Trinajstić information content (AvgIpc) is 3.25. The van der Waals surface area contributed by atoms with E-state index < -0.39 is 0 Å². The van der Waals surface area contributed by atoms with E-state index in [0.717, 1.165) is 63.3 Å². The van der Waals surface area contributed by atoms with Gasteiger partial charge in [-0.05, 0) is 49.7 Å². The average molecular weight is 456 g/mol. The van der Waals surface area contributed by atoms with Gasteiger partial charge in [-0.1, -0.05) is 30.2 Å². The maximum atomic E-state index is 12.3. The van der Waals surface area contributed by atoms with Crippen LogP contribution in [-0.2, 0) is 0 Å². The van der Waals surface area contributed by atoms with E-state index in [-0.39, 0.29) is 5.91 Å². The van der Waals surface area contributed by atoms with Crippen LogP contribution in [-0.4, -0.2) is 66.8 Å². The minimum absolute atomic E-state index is 0.141. The number of piperazine rings is 1. The molecule has 4 rings (SSSR count). The highest BCUT2D eigenvalue weighted by Gasteiger charge is 2.19. The molecule has 3 aromatic rings. The van der Waals surface area contributed by atoms with Crippen LogP contribution in [0.3, 0.4) is 0 Å². The topological polar surface area (TPSA) is 62.1 Å². The van der Waals surface area contributed by atoms with Crippen molar-refractivity contribution in [3.8, 4) is 5.75 Å². The van der Waals surface area contributed by atoms with E-state index in [2.05, 4.69) is 32.3 Å². The predicted octanol–water partition coefficient (Wildman–Crippen LogP) is 3.72. The first-order chi connectivity index (χ1) is 15.6. The van der Waals surface area contributed by atoms with Gasteiger partial charge in [-0.15, -0.1) is 0 Å². The molecule has 8 heteroatoms. The Hall–Kier alpha value is -2.77. The van der Waals surface area contributed by atoms with Crippen molar-refractivity contribution in [2.45, 2.75) is 19.3 Å². The molecular weight excluding hydrogens is 426 g/mol. The number of benzene rings is 1. The lowest BCUT2D eigenvalue weighted by Gasteiger charge is -2.36. The number of amides is 1. The molecule has 0 radical (unpaired) electrons. The van der Waals surface area contributed by atoms with Crippen molar-refractivity contribution in [2.75, 3.05) is 51.3 Å². The number of rotatable bonds is 9. The van der Waals surface area contributed by atoms with Gasteiger partial charge in [0.2, 0.25) is 0 Å². The molecule has 32 heavy (non-hydrogen) atoms. The lowest BCUT2D eigenvalue weighted by molar-refractivity contribution is 0.0947. The second kappa shape index (κ2) is 10.7. The summed E-state index contributed by atoms with van der Waals surface area (Å²) in [6.07, 6.45) is 4.89. The van der Waals surface area contributed by atoms with E-state index >= 15 is 0 Å². The molecule has 2 aromatic heterocycles. The Kier molecular flexibility index (Phi) is 7.50. The van der Waals surface area contributed by atoms with Crippen LogP contribution in [0.1, 0.15) is 29.8 Å². The highest BCUT2D eigenvalue weighted by molar-refractivity contribution is 6.30. The van der Waals surface area contributed by atoms with Crippen LogP contribution in [0.5, 0.6) is 5.75 Å². The highest BCUT2D eigenvalue weighted by atomic mass is 35.5. The maximum Gasteiger partial charge on any atom is 0.271 e. The number of anilines is 1. The van der Waals surface area contributed by atoms with Crippen molar-refractivity contribution in [1.29, 1.82) is 0 Å². The standard InChI is InChI=1S/C24H30ClN5O2/c1-32-23-8-4-3-7-22(23)29-15-13-28(14-16-29)12-6-2-5-11-26-24(31)21-17-20-10-9-19(25)18-30(20)27-21/h3-4,7-10,17-18H,2,5-6,11-16H2,1H3,(H,26,31). The number of ether oxygens (including phenoxy) is 1. The summed E-state index contributed by atoms with van der Waals surface area (Å²) < 4.78 is 7.13. The molecule has 1 fully saturated rings. The molecule has 170 valence electrons. The van der Waals surface area contributed by atoms with E-state index in [9.17, 15) is 4.79 Å². The number of hydrogen-bond acceptors (Lipinski definition) is 5. The number of carbonyl (C=O) groups excluding carboxylic acids is 1. The summed E-state index contributed by atoms with van der Waals surface area (Å²) in [4.78, 5) is 17.3. The molecule has 0 spiro atoms. The number of nitrogens with one attached hydrogen (secondary N) is 1. The number of pyridine rings is 1. The van der Waals surface area contributed by atoms with Crippen molar-refractivity contribution < 1.29 is 9.53 Å². The predicted molar refractivity (Wildman–Crippen MR) is 128 cm³/mol. The fraction of sp³-hybridized carbons (Fsp3) is 0.417. The number of halogens is 1. The number of hydrogen-bond donors (Lipinski definition) is 1. The van der Waals surface area contributed by atoms with Crippen LogP contribution >= 0.6 is 11.6 Å². The van der Waals surface area contributed by atoms with Crippen molar-refractivity contribution in [1.82, 2.24) is 19.8 Å². The van der Waals surface area contributed by atoms with Gasteiger partial charge in [-0.2, -0.15) is 5.10 Å². The Bertz CT molecular complexity index is 1050. The zero-order chi connectivity index (χ0) is 22.3. The summed E-state index contributed by atoms with van der Waals surface area (Å²) in [6.45, 7) is 5.91. The SMILES string of the molecule is COc1ccccc1N1CCN(CCCCCNC(=O)c2cc3ccc(Cl)cn3n2)CC1. The van der Waals surface area contributed by atoms with Crippen molar-refractivity contribution in [3.05, 3.63) is 59.4 Å². The Balaban J connectivity index is 1.12. The molecule has 1 N–H and O–H groups in total. The monoisotopic (exact) mass is 455 g/mol. The first kappa shape index (κ1) is 22.4. The van der Waals surface area contributed by atoms with Gasteiger partial charge in [-0.25, -0.2) is 4.52 Å². The number of nitrogens with zero attached hydrogens (tertiary/aromatic N) is 4. The summed E-state index contributed by atoms with van der Waals surface area (Å²) in [6, 6.07) is 13.6. The van der Waals surface area contributed by atoms with Gasteiger partial charge >= 0.3 is 0 Å². The van der Waals surface area contributed by atoms with E-state index in [1.54, 1.807) is 30.0 Å². The molecule has 7 nitrogen and oxygen atoms in total. The number of unbranched alkanes of at least 4 members (excludes halogenated alkanes) is 2. The molecule has 1 aliphatic heterocycles. The summed E-state index contributed by atoms with van der Waals surface area (Å²) in [5, 5.41) is 7.85. The number of methoxy groups -OCH3 is 1. The number of para-hydroxylation sites is 2. The highest BCUT2D eigenvalue weighted by Crippen LogP contribution is 2.28. The summed E-state index contributed by atoms with van der Waals surface area (Å²) >= 11 is 5.97. The molecule has 1 saturated heterocycles. The maximum absolute atomic E-state index is 12.3. The zero-order valence-corrected chi connectivity index (χ0v) is 19.2. The molecule has 1 aliphatic rings. The Morgan fingerprint density at radius 2 is 1.91 bits per heavy atom. The normalized spacial score (nSPS) is 14.6. The quantitative estimate of drug-likeness (QED) is 0.498. The second-order valence-electron chi connectivity index (χ2n) is 8.06. The molecule has 0 aliphatic carbocycles. The third-order valence-electron chi connectivity index (χ3n) is 5.89. The molecule has 0 saturated carbocycles. The van der Waals surface area contributed by atoms with Crippen LogP contribution in [0.15, 0.2) is 48.7 Å². The molecule has 1 amide bonds. The summed E-state index contributed by atoms with van der Waals surface area (Å²) in [5.74, 6) is 0.799. The van der Waals surface area contributed by atoms with E-state index in [4.69, 9.17) is 16.3 Å². The number of fused-ring (bicyclic) bond motifs is 1. The van der Waals surface area contributed by atoms with Crippen LogP contribution < -0.4 is 15.0 Å². The van der Waals surface area contributed by atoms with Crippen LogP contribution in [0.25, 0.3) is 5.52 Å². The van der Waals surface area contributed by atoms with Gasteiger partial charge in [0.05, 0.1) is 23.3 Å². The number of carbonyl (C=O) groups is 1. The lowest BCUT2D eigenvalue weighted by atomic mass is 10.2. The van der Waals surface area contributed by atoms with E-state index in [0.29, 0.717) is 17.3 Å². The molecular formula is C24H30ClN5O2. The van der Waals surface area contributed by atoms with Crippen LogP contribution in [0, 0.1) is 0 Å². The van der Waals surface area contributed by atoms with Crippen molar-refractivity contribution in [2.24, 2.45) is 0 Å². The zero-order valence-electron chi connectivity index (χ0n) is 18.5. The third-order valence-corrected chi connectivity index (χ3v) is 6.11. The van der Waals surface area contributed by atoms with Gasteiger partial charge in [0.1, 0.15) is 5.75 Å². The van der Waals surface area contributed by atoms with Crippen molar-refractivity contribution >= 4 is 28.7 Å². The first-order valence-electron chi connectivity index (χ1n) is 11.2. The minimum atomic E-state index is -0.141. The Morgan fingerprint density at radius 1 is 1.09 bits per heavy atom. The van der Waals surface area contributed by atoms with Gasteiger partial charge < -0.3 is 15.0 Å². The summed E-state index contributed by atoms with van der Waals surface area (Å²) in [5.41, 5.74) is 2.45. The first-order valence-corrected chi connectivity index (χ1v) is 11.6. The second-order valence-corrected chi connectivity index (χ2v) is 8.50. The molecule has 0 atom stereocenters. The minimum Gasteiger partial charge on any atom is -0.495 e. The molecule has 1 aromatic carbocycles. The van der Waals surface area contributed by atoms with E-state index in [1.807, 2.05) is 18.2 Å². The fourth-order valence-corrected chi connectivity index (χ4v) is 4.26. The Morgan fingerprint density at radius 3 is 2.72 bits per heavy atom. The number of aromatic nitrogens is 2. The van der Waals surface area contributed by atoms with Crippen molar-refractivity contribution in [3.63, 3.8) is 0 Å². The largest absolute Gasteiger partial charge is 0.495 e. The smallest absolute Gasteiger partial charge is 0.271 e. The van der Waals surface area contributed by atoms with E-state index in [1.165, 1.54) is 5.69 Å². The molecule has 0 unspecified atom stereocenters. The van der Waals surface area contributed by atoms with Gasteiger partial charge in [0, 0.05) is 38.9 Å². The lowest BCUT2D eigenvalue weighted by Crippen LogP contribution is -2.46. The van der Waals surface area contributed by atoms with Gasteiger partial charge in [-0.3, -0.25) is 9.69 Å². The Labute approximate surface area is 193 Å². The fourth-order valence-electron chi connectivity index (χ4n) is 4.11. The summed E-state index contributed by atoms with van der Waals surface area (Å²) in [7, 11) is 1.73. The molecule has 3 heterocycles. The van der Waals surface area contributed by atoms with Gasteiger partial charge in [0.25, 0.3) is 5.91 Å². The van der Waals surface area contributed by atoms with Crippen LogP contribution in [0.2, 0.25) is 5.02 Å². The van der Waals surface area contributed by atoms with Crippen LogP contribution in [0.4, 0.5) is 5.69 Å². The van der Waals surface area contributed by atoms with Gasteiger partial charge in [0.15, 0.2) is 5.69 Å². The molecule has 0 bridgehead atoms.